The highest BCUT2D eigenvalue weighted by molar-refractivity contribution is 5.38. The highest BCUT2D eigenvalue weighted by atomic mass is 19.1. The first kappa shape index (κ1) is 18.3. The number of aryl methyl sites for hydroxylation is 1. The third kappa shape index (κ3) is 3.83. The molecule has 136 valence electrons. The summed E-state index contributed by atoms with van der Waals surface area (Å²) < 4.78 is 28.8. The minimum atomic E-state index is -0.618. The molecule has 1 aromatic heterocycles. The number of aromatic nitrogens is 2. The van der Waals surface area contributed by atoms with Gasteiger partial charge in [0.05, 0.1) is 5.69 Å². The van der Waals surface area contributed by atoms with E-state index in [2.05, 4.69) is 29.5 Å². The van der Waals surface area contributed by atoms with E-state index >= 15 is 0 Å². The monoisotopic (exact) mass is 355 g/mol. The summed E-state index contributed by atoms with van der Waals surface area (Å²) in [6.07, 6.45) is 0. The Morgan fingerprint density at radius 3 is 2.50 bits per heavy atom. The summed E-state index contributed by atoms with van der Waals surface area (Å²) in [5, 5.41) is 7.90. The molecule has 1 unspecified atom stereocenters. The second kappa shape index (κ2) is 7.79. The second-order valence-electron chi connectivity index (χ2n) is 6.60. The van der Waals surface area contributed by atoms with Crippen LogP contribution in [0.2, 0.25) is 0 Å². The van der Waals surface area contributed by atoms with Crippen LogP contribution < -0.4 is 5.32 Å². The van der Waals surface area contributed by atoms with E-state index in [0.717, 1.165) is 29.6 Å². The molecule has 0 radical (unpaired) electrons. The molecule has 0 aliphatic rings. The van der Waals surface area contributed by atoms with Crippen molar-refractivity contribution in [2.75, 3.05) is 6.54 Å². The van der Waals surface area contributed by atoms with Gasteiger partial charge in [0.15, 0.2) is 5.82 Å². The Labute approximate surface area is 152 Å². The van der Waals surface area contributed by atoms with Gasteiger partial charge in [-0.25, -0.2) is 13.5 Å². The lowest BCUT2D eigenvalue weighted by Gasteiger charge is -2.13. The minimum absolute atomic E-state index is 0.260. The van der Waals surface area contributed by atoms with Crippen molar-refractivity contribution in [1.29, 1.82) is 0 Å². The quantitative estimate of drug-likeness (QED) is 0.697. The lowest BCUT2D eigenvalue weighted by molar-refractivity contribution is 0.572. The van der Waals surface area contributed by atoms with E-state index in [1.165, 1.54) is 17.7 Å². The SMILES string of the molecule is Cc1nn(-c2ccc(F)cc2F)c(C)c1CNCC(C)c1ccccc1. The van der Waals surface area contributed by atoms with Crippen molar-refractivity contribution >= 4 is 0 Å². The molecule has 3 aromatic rings. The molecule has 0 fully saturated rings. The Bertz CT molecular complexity index is 888. The number of hydrogen-bond acceptors (Lipinski definition) is 2. The number of nitrogens with one attached hydrogen (secondary N) is 1. The van der Waals surface area contributed by atoms with Crippen LogP contribution in [0.25, 0.3) is 5.69 Å². The van der Waals surface area contributed by atoms with Crippen LogP contribution in [0.15, 0.2) is 48.5 Å². The van der Waals surface area contributed by atoms with Crippen LogP contribution in [0, 0.1) is 25.5 Å². The van der Waals surface area contributed by atoms with Crippen molar-refractivity contribution in [2.45, 2.75) is 33.2 Å². The lowest BCUT2D eigenvalue weighted by Crippen LogP contribution is -2.20. The van der Waals surface area contributed by atoms with Crippen molar-refractivity contribution in [1.82, 2.24) is 15.1 Å². The van der Waals surface area contributed by atoms with Crippen molar-refractivity contribution in [2.24, 2.45) is 0 Å². The van der Waals surface area contributed by atoms with Crippen LogP contribution in [0.1, 0.15) is 35.4 Å². The summed E-state index contributed by atoms with van der Waals surface area (Å²) in [7, 11) is 0. The summed E-state index contributed by atoms with van der Waals surface area (Å²) in [4.78, 5) is 0. The van der Waals surface area contributed by atoms with Crippen LogP contribution in [0.4, 0.5) is 8.78 Å². The van der Waals surface area contributed by atoms with Gasteiger partial charge in [-0.15, -0.1) is 0 Å². The summed E-state index contributed by atoms with van der Waals surface area (Å²) >= 11 is 0. The standard InChI is InChI=1S/C21H23F2N3/c1-14(17-7-5-4-6-8-17)12-24-13-19-15(2)25-26(16(19)3)21-10-9-18(22)11-20(21)23/h4-11,14,24H,12-13H2,1-3H3. The van der Waals surface area contributed by atoms with Crippen molar-refractivity contribution < 1.29 is 8.78 Å². The van der Waals surface area contributed by atoms with Gasteiger partial charge in [-0.3, -0.25) is 0 Å². The van der Waals surface area contributed by atoms with E-state index in [-0.39, 0.29) is 5.69 Å². The van der Waals surface area contributed by atoms with Gasteiger partial charge in [0.1, 0.15) is 11.5 Å². The maximum absolute atomic E-state index is 14.1. The average molecular weight is 355 g/mol. The predicted octanol–water partition coefficient (Wildman–Crippen LogP) is 4.66. The molecular weight excluding hydrogens is 332 g/mol. The molecule has 0 bridgehead atoms. The molecular formula is C21H23F2N3. The van der Waals surface area contributed by atoms with E-state index in [9.17, 15) is 8.78 Å². The van der Waals surface area contributed by atoms with E-state index in [1.54, 1.807) is 4.68 Å². The van der Waals surface area contributed by atoms with E-state index in [0.29, 0.717) is 12.5 Å². The number of benzene rings is 2. The van der Waals surface area contributed by atoms with E-state index < -0.39 is 11.6 Å². The maximum Gasteiger partial charge on any atom is 0.151 e. The Morgan fingerprint density at radius 2 is 1.81 bits per heavy atom. The third-order valence-corrected chi connectivity index (χ3v) is 4.70. The average Bonchev–Trinajstić information content (AvgIpc) is 2.90. The zero-order valence-electron chi connectivity index (χ0n) is 15.3. The molecule has 0 saturated heterocycles. The van der Waals surface area contributed by atoms with Crippen LogP contribution in [0.5, 0.6) is 0 Å². The van der Waals surface area contributed by atoms with Gasteiger partial charge in [0.25, 0.3) is 0 Å². The minimum Gasteiger partial charge on any atom is -0.312 e. The molecule has 3 rings (SSSR count). The van der Waals surface area contributed by atoms with E-state index in [1.807, 2.05) is 32.0 Å². The first-order valence-electron chi connectivity index (χ1n) is 8.73. The Morgan fingerprint density at radius 1 is 1.08 bits per heavy atom. The van der Waals surface area contributed by atoms with Crippen LogP contribution in [-0.2, 0) is 6.54 Å². The molecule has 0 aliphatic carbocycles. The molecule has 1 heterocycles. The smallest absolute Gasteiger partial charge is 0.151 e. The van der Waals surface area contributed by atoms with E-state index in [4.69, 9.17) is 0 Å². The summed E-state index contributed by atoms with van der Waals surface area (Å²) in [5.41, 5.74) is 4.28. The van der Waals surface area contributed by atoms with Gasteiger partial charge in [0, 0.05) is 30.4 Å². The second-order valence-corrected chi connectivity index (χ2v) is 6.60. The van der Waals surface area contributed by atoms with Crippen LogP contribution >= 0.6 is 0 Å². The van der Waals surface area contributed by atoms with Gasteiger partial charge in [-0.05, 0) is 37.5 Å². The molecule has 0 saturated carbocycles. The fourth-order valence-corrected chi connectivity index (χ4v) is 3.13. The maximum atomic E-state index is 14.1. The lowest BCUT2D eigenvalue weighted by atomic mass is 10.0. The zero-order valence-corrected chi connectivity index (χ0v) is 15.3. The predicted molar refractivity (Wildman–Crippen MR) is 99.5 cm³/mol. The van der Waals surface area contributed by atoms with Gasteiger partial charge in [-0.1, -0.05) is 37.3 Å². The highest BCUT2D eigenvalue weighted by Gasteiger charge is 2.16. The molecule has 0 aliphatic heterocycles. The molecule has 0 amide bonds. The number of rotatable bonds is 6. The number of nitrogens with zero attached hydrogens (tertiary/aromatic N) is 2. The van der Waals surface area contributed by atoms with Crippen molar-refractivity contribution in [3.8, 4) is 5.69 Å². The largest absolute Gasteiger partial charge is 0.312 e. The zero-order chi connectivity index (χ0) is 18.7. The molecule has 1 N–H and O–H groups in total. The van der Waals surface area contributed by atoms with Gasteiger partial charge < -0.3 is 5.32 Å². The molecule has 2 aromatic carbocycles. The topological polar surface area (TPSA) is 29.9 Å². The first-order chi connectivity index (χ1) is 12.5. The molecule has 5 heteroatoms. The molecule has 0 spiro atoms. The fourth-order valence-electron chi connectivity index (χ4n) is 3.13. The summed E-state index contributed by atoms with van der Waals surface area (Å²) in [6.45, 7) is 7.47. The Kier molecular flexibility index (Phi) is 5.47. The Hall–Kier alpha value is -2.53. The summed E-state index contributed by atoms with van der Waals surface area (Å²) in [5.74, 6) is -0.821. The summed E-state index contributed by atoms with van der Waals surface area (Å²) in [6, 6.07) is 13.9. The van der Waals surface area contributed by atoms with Crippen molar-refractivity contribution in [3.63, 3.8) is 0 Å². The molecule has 1 atom stereocenters. The third-order valence-electron chi connectivity index (χ3n) is 4.70. The number of hydrogen-bond donors (Lipinski definition) is 1. The molecule has 26 heavy (non-hydrogen) atoms. The van der Waals surface area contributed by atoms with Gasteiger partial charge in [0.2, 0.25) is 0 Å². The molecule has 3 nitrogen and oxygen atoms in total. The van der Waals surface area contributed by atoms with Crippen LogP contribution in [0.3, 0.4) is 0 Å². The van der Waals surface area contributed by atoms with Gasteiger partial charge in [-0.2, -0.15) is 5.10 Å². The van der Waals surface area contributed by atoms with Crippen LogP contribution in [-0.4, -0.2) is 16.3 Å². The Balaban J connectivity index is 1.72. The first-order valence-corrected chi connectivity index (χ1v) is 8.73. The fraction of sp³-hybridized carbons (Fsp3) is 0.286. The normalized spacial score (nSPS) is 12.3. The van der Waals surface area contributed by atoms with Crippen molar-refractivity contribution in [3.05, 3.63) is 82.7 Å². The highest BCUT2D eigenvalue weighted by Crippen LogP contribution is 2.21. The number of halogens is 2. The van der Waals surface area contributed by atoms with Gasteiger partial charge >= 0.3 is 0 Å².